The van der Waals surface area contributed by atoms with Gasteiger partial charge in [0.2, 0.25) is 0 Å². The number of ether oxygens (including phenoxy) is 3. The second kappa shape index (κ2) is 6.95. The van der Waals surface area contributed by atoms with Gasteiger partial charge in [-0.05, 0) is 0 Å². The lowest BCUT2D eigenvalue weighted by Crippen LogP contribution is -2.22. The van der Waals surface area contributed by atoms with Crippen molar-refractivity contribution in [2.45, 2.75) is 6.29 Å². The van der Waals surface area contributed by atoms with E-state index in [9.17, 15) is 0 Å². The van der Waals surface area contributed by atoms with E-state index >= 15 is 0 Å². The van der Waals surface area contributed by atoms with Gasteiger partial charge in [0.15, 0.2) is 6.29 Å². The van der Waals surface area contributed by atoms with Gasteiger partial charge in [0.1, 0.15) is 0 Å². The summed E-state index contributed by atoms with van der Waals surface area (Å²) >= 11 is 0. The van der Waals surface area contributed by atoms with E-state index in [2.05, 4.69) is 0 Å². The number of methoxy groups -OCH3 is 2. The van der Waals surface area contributed by atoms with Crippen LogP contribution in [0, 0.1) is 0 Å². The summed E-state index contributed by atoms with van der Waals surface area (Å²) in [6.07, 6.45) is -0.549. The van der Waals surface area contributed by atoms with E-state index in [0.29, 0.717) is 0 Å². The van der Waals surface area contributed by atoms with Crippen molar-refractivity contribution in [3.05, 3.63) is 0 Å². The van der Waals surface area contributed by atoms with E-state index in [1.807, 2.05) is 0 Å². The van der Waals surface area contributed by atoms with E-state index in [0.717, 1.165) is 0 Å². The highest BCUT2D eigenvalue weighted by Gasteiger charge is 2.02. The Morgan fingerprint density at radius 3 is 2.50 bits per heavy atom. The molecule has 0 unspecified atom stereocenters. The first-order chi connectivity index (χ1) is 5.55. The molecule has 0 radical (unpaired) electrons. The van der Waals surface area contributed by atoms with Crippen molar-refractivity contribution in [2.24, 2.45) is 5.73 Å². The highest BCUT2D eigenvalue weighted by atomic mass is 16.7. The smallest absolute Gasteiger partial charge is 0.180 e. The van der Waals surface area contributed by atoms with Crippen LogP contribution in [0.2, 0.25) is 0 Å². The first-order valence-electron chi connectivity index (χ1n) is 3.95. The maximum atomic E-state index is 7.13. The molecule has 0 aliphatic heterocycles. The normalized spacial score (nSPS) is 15.2. The van der Waals surface area contributed by atoms with Crippen LogP contribution in [0.25, 0.3) is 0 Å². The topological polar surface area (TPSA) is 53.7 Å². The third-order valence-corrected chi connectivity index (χ3v) is 0.931. The quantitative estimate of drug-likeness (QED) is 0.524. The SMILES string of the molecule is [2H]C([2H])(CN)OCC(OC)OC. The predicted molar refractivity (Wildman–Crippen MR) is 37.7 cm³/mol. The maximum absolute atomic E-state index is 7.13. The lowest BCUT2D eigenvalue weighted by atomic mass is 10.6. The van der Waals surface area contributed by atoms with E-state index in [1.165, 1.54) is 14.2 Å². The molecule has 0 aliphatic carbocycles. The zero-order valence-electron chi connectivity index (χ0n) is 8.29. The van der Waals surface area contributed by atoms with Gasteiger partial charge in [-0.15, -0.1) is 0 Å². The van der Waals surface area contributed by atoms with Gasteiger partial charge in [-0.3, -0.25) is 0 Å². The molecular weight excluding hydrogens is 134 g/mol. The predicted octanol–water partition coefficient (Wildman–Crippen LogP) is -0.419. The molecule has 0 aliphatic rings. The van der Waals surface area contributed by atoms with Crippen molar-refractivity contribution in [1.29, 1.82) is 0 Å². The Labute approximate surface area is 64.1 Å². The Bertz CT molecular complexity index is 119. The molecule has 0 saturated heterocycles. The Morgan fingerprint density at radius 1 is 1.50 bits per heavy atom. The molecule has 10 heavy (non-hydrogen) atoms. The number of rotatable bonds is 6. The van der Waals surface area contributed by atoms with Gasteiger partial charge in [0.25, 0.3) is 0 Å². The van der Waals surface area contributed by atoms with Gasteiger partial charge < -0.3 is 19.9 Å². The van der Waals surface area contributed by atoms with Crippen molar-refractivity contribution in [3.63, 3.8) is 0 Å². The highest BCUT2D eigenvalue weighted by molar-refractivity contribution is 4.38. The highest BCUT2D eigenvalue weighted by Crippen LogP contribution is 1.90. The monoisotopic (exact) mass is 151 g/mol. The lowest BCUT2D eigenvalue weighted by molar-refractivity contribution is -0.139. The molecule has 0 atom stereocenters. The summed E-state index contributed by atoms with van der Waals surface area (Å²) in [4.78, 5) is 0. The minimum absolute atomic E-state index is 0.0250. The van der Waals surface area contributed by atoms with Gasteiger partial charge in [0.05, 0.1) is 15.9 Å². The van der Waals surface area contributed by atoms with Crippen molar-refractivity contribution < 1.29 is 17.0 Å². The van der Waals surface area contributed by atoms with Gasteiger partial charge in [-0.25, -0.2) is 0 Å². The molecule has 0 aromatic carbocycles. The van der Waals surface area contributed by atoms with Crippen molar-refractivity contribution in [1.82, 2.24) is 0 Å². The summed E-state index contributed by atoms with van der Waals surface area (Å²) in [6.45, 7) is -1.97. The molecule has 0 spiro atoms. The molecule has 4 heteroatoms. The van der Waals surface area contributed by atoms with Gasteiger partial charge in [0, 0.05) is 20.8 Å². The molecule has 0 amide bonds. The number of hydrogen-bond acceptors (Lipinski definition) is 4. The van der Waals surface area contributed by atoms with Gasteiger partial charge >= 0.3 is 0 Å². The van der Waals surface area contributed by atoms with Crippen LogP contribution in [0.15, 0.2) is 0 Å². The molecule has 0 aromatic heterocycles. The van der Waals surface area contributed by atoms with Gasteiger partial charge in [-0.1, -0.05) is 0 Å². The van der Waals surface area contributed by atoms with Crippen LogP contribution in [0.4, 0.5) is 0 Å². The van der Waals surface area contributed by atoms with E-state index in [-0.39, 0.29) is 13.2 Å². The summed E-state index contributed by atoms with van der Waals surface area (Å²) in [5.41, 5.74) is 5.09. The number of nitrogens with two attached hydrogens (primary N) is 1. The third-order valence-electron chi connectivity index (χ3n) is 0.931. The standard InChI is InChI=1S/C6H15NO3/c1-8-6(9-2)5-10-4-3-7/h6H,3-5,7H2,1-2H3/i4D2. The van der Waals surface area contributed by atoms with Crippen LogP contribution < -0.4 is 5.73 Å². The lowest BCUT2D eigenvalue weighted by Gasteiger charge is -2.12. The molecule has 4 nitrogen and oxygen atoms in total. The Morgan fingerprint density at radius 2 is 2.10 bits per heavy atom. The Hall–Kier alpha value is -0.160. The summed E-state index contributed by atoms with van der Waals surface area (Å²) in [6, 6.07) is 0. The number of hydrogen-bond donors (Lipinski definition) is 1. The first-order valence-corrected chi connectivity index (χ1v) is 2.95. The van der Waals surface area contributed by atoms with E-state index < -0.39 is 12.8 Å². The molecule has 62 valence electrons. The average Bonchev–Trinajstić information content (AvgIpc) is 2.06. The van der Waals surface area contributed by atoms with Crippen molar-refractivity contribution in [2.75, 3.05) is 33.9 Å². The maximum Gasteiger partial charge on any atom is 0.180 e. The zero-order valence-corrected chi connectivity index (χ0v) is 6.29. The molecule has 0 fully saturated rings. The third kappa shape index (κ3) is 4.69. The fourth-order valence-corrected chi connectivity index (χ4v) is 0.418. The zero-order chi connectivity index (χ0) is 9.61. The second-order valence-electron chi connectivity index (χ2n) is 1.56. The van der Waals surface area contributed by atoms with Crippen molar-refractivity contribution >= 4 is 0 Å². The van der Waals surface area contributed by atoms with Crippen LogP contribution in [0.5, 0.6) is 0 Å². The molecule has 0 bridgehead atoms. The summed E-state index contributed by atoms with van der Waals surface area (Å²) in [5, 5.41) is 0. The molecule has 0 heterocycles. The van der Waals surface area contributed by atoms with Crippen LogP contribution in [-0.2, 0) is 14.2 Å². The van der Waals surface area contributed by atoms with E-state index in [1.54, 1.807) is 0 Å². The first kappa shape index (κ1) is 6.54. The minimum atomic E-state index is -1.81. The van der Waals surface area contributed by atoms with Crippen molar-refractivity contribution in [3.8, 4) is 0 Å². The Balaban J connectivity index is 3.65. The van der Waals surface area contributed by atoms with Crippen LogP contribution in [0.1, 0.15) is 2.74 Å². The van der Waals surface area contributed by atoms with Crippen LogP contribution >= 0.6 is 0 Å². The second-order valence-corrected chi connectivity index (χ2v) is 1.56. The fourth-order valence-electron chi connectivity index (χ4n) is 0.418. The average molecular weight is 151 g/mol. The van der Waals surface area contributed by atoms with Crippen LogP contribution in [-0.4, -0.2) is 40.2 Å². The largest absolute Gasteiger partial charge is 0.375 e. The molecule has 0 rings (SSSR count). The molecule has 0 aromatic rings. The Kier molecular flexibility index (Phi) is 4.55. The fraction of sp³-hybridized carbons (Fsp3) is 1.00. The molecule has 2 N–H and O–H groups in total. The van der Waals surface area contributed by atoms with Gasteiger partial charge in [-0.2, -0.15) is 0 Å². The minimum Gasteiger partial charge on any atom is -0.375 e. The molecular formula is C6H15NO3. The van der Waals surface area contributed by atoms with E-state index in [4.69, 9.17) is 22.7 Å². The van der Waals surface area contributed by atoms with Crippen LogP contribution in [0.3, 0.4) is 0 Å². The summed E-state index contributed by atoms with van der Waals surface area (Å²) < 4.78 is 28.6. The summed E-state index contributed by atoms with van der Waals surface area (Å²) in [7, 11) is 2.91. The summed E-state index contributed by atoms with van der Waals surface area (Å²) in [5.74, 6) is 0. The molecule has 0 saturated carbocycles.